The highest BCUT2D eigenvalue weighted by molar-refractivity contribution is 5.44. The third-order valence-corrected chi connectivity index (χ3v) is 6.71. The molecule has 4 aromatic rings. The van der Waals surface area contributed by atoms with Gasteiger partial charge in [0.25, 0.3) is 0 Å². The Labute approximate surface area is 204 Å². The molecule has 3 heterocycles. The highest BCUT2D eigenvalue weighted by Crippen LogP contribution is 2.33. The molecular weight excluding hydrogens is 440 g/mol. The molecule has 1 aromatic heterocycles. The fourth-order valence-electron chi connectivity index (χ4n) is 4.91. The maximum atomic E-state index is 5.56. The van der Waals surface area contributed by atoms with Crippen LogP contribution in [0.4, 0.5) is 0 Å². The molecule has 1 fully saturated rings. The Balaban J connectivity index is 1.23. The number of fused-ring (bicyclic) bond motifs is 1. The largest absolute Gasteiger partial charge is 0.454 e. The quantitative estimate of drug-likeness (QED) is 0.412. The molecule has 1 unspecified atom stereocenters. The van der Waals surface area contributed by atoms with Crippen molar-refractivity contribution in [1.29, 1.82) is 0 Å². The zero-order valence-electron chi connectivity index (χ0n) is 19.5. The number of ether oxygens (including phenoxy) is 2. The fraction of sp³-hybridized carbons (Fsp3) is 0.296. The highest BCUT2D eigenvalue weighted by Gasteiger charge is 2.30. The molecule has 0 aliphatic carbocycles. The lowest BCUT2D eigenvalue weighted by molar-refractivity contribution is 0.100. The average molecular weight is 469 g/mol. The van der Waals surface area contributed by atoms with Crippen molar-refractivity contribution >= 4 is 0 Å². The van der Waals surface area contributed by atoms with Crippen LogP contribution < -0.4 is 9.47 Å². The Bertz CT molecular complexity index is 1260. The Hall–Kier alpha value is -3.75. The number of rotatable bonds is 7. The van der Waals surface area contributed by atoms with Gasteiger partial charge in [0.2, 0.25) is 6.79 Å². The van der Waals surface area contributed by atoms with Crippen LogP contribution in [0.1, 0.15) is 28.6 Å². The van der Waals surface area contributed by atoms with Gasteiger partial charge >= 0.3 is 0 Å². The molecular formula is C27H28N6O2. The molecule has 0 N–H and O–H groups in total. The zero-order chi connectivity index (χ0) is 23.5. The Morgan fingerprint density at radius 3 is 2.29 bits per heavy atom. The lowest BCUT2D eigenvalue weighted by atomic mass is 10.0. The summed E-state index contributed by atoms with van der Waals surface area (Å²) in [6.45, 7) is 5.71. The van der Waals surface area contributed by atoms with Crippen LogP contribution in [0.3, 0.4) is 0 Å². The second-order valence-electron chi connectivity index (χ2n) is 8.99. The number of nitrogens with zero attached hydrogens (tertiary/aromatic N) is 6. The van der Waals surface area contributed by atoms with Gasteiger partial charge in [-0.05, 0) is 39.2 Å². The van der Waals surface area contributed by atoms with Crippen molar-refractivity contribution in [3.8, 4) is 11.5 Å². The molecule has 8 heteroatoms. The first-order chi connectivity index (χ1) is 17.3. The standard InChI is InChI=1S/C27H28N6O2/c1-3-7-21(8-4-1)18-31-13-15-32(16-14-31)26(23-9-5-2-6-10-23)27-28-29-30-33(27)19-22-11-12-24-25(17-22)35-20-34-24/h1-12,17,26H,13-16,18-20H2. The first-order valence-electron chi connectivity index (χ1n) is 12.0. The van der Waals surface area contributed by atoms with E-state index < -0.39 is 0 Å². The van der Waals surface area contributed by atoms with Crippen molar-refractivity contribution < 1.29 is 9.47 Å². The van der Waals surface area contributed by atoms with E-state index in [1.165, 1.54) is 11.1 Å². The molecule has 0 radical (unpaired) electrons. The molecule has 0 saturated carbocycles. The van der Waals surface area contributed by atoms with Crippen LogP contribution in [0.2, 0.25) is 0 Å². The minimum absolute atomic E-state index is 0.0147. The van der Waals surface area contributed by atoms with Crippen molar-refractivity contribution in [2.45, 2.75) is 19.1 Å². The molecule has 1 saturated heterocycles. The first kappa shape index (κ1) is 21.8. The van der Waals surface area contributed by atoms with E-state index in [1.54, 1.807) is 0 Å². The summed E-state index contributed by atoms with van der Waals surface area (Å²) in [6.07, 6.45) is 0. The summed E-state index contributed by atoms with van der Waals surface area (Å²) in [5.41, 5.74) is 3.63. The molecule has 1 atom stereocenters. The lowest BCUT2D eigenvalue weighted by Gasteiger charge is -2.39. The summed E-state index contributed by atoms with van der Waals surface area (Å²) in [5.74, 6) is 2.40. The smallest absolute Gasteiger partial charge is 0.231 e. The average Bonchev–Trinajstić information content (AvgIpc) is 3.56. The van der Waals surface area contributed by atoms with Gasteiger partial charge in [-0.1, -0.05) is 66.7 Å². The minimum atomic E-state index is -0.0147. The number of hydrogen-bond acceptors (Lipinski definition) is 7. The van der Waals surface area contributed by atoms with Crippen molar-refractivity contribution in [3.05, 3.63) is 101 Å². The van der Waals surface area contributed by atoms with Crippen molar-refractivity contribution in [2.75, 3.05) is 33.0 Å². The molecule has 2 aliphatic rings. The Morgan fingerprint density at radius 1 is 0.743 bits per heavy atom. The van der Waals surface area contributed by atoms with Gasteiger partial charge in [0.15, 0.2) is 17.3 Å². The molecule has 2 aliphatic heterocycles. The number of hydrogen-bond donors (Lipinski definition) is 0. The van der Waals surface area contributed by atoms with E-state index in [9.17, 15) is 0 Å². The van der Waals surface area contributed by atoms with Gasteiger partial charge in [0.1, 0.15) is 0 Å². The van der Waals surface area contributed by atoms with Crippen LogP contribution in [-0.2, 0) is 13.1 Å². The lowest BCUT2D eigenvalue weighted by Crippen LogP contribution is -2.47. The van der Waals surface area contributed by atoms with Crippen molar-refractivity contribution in [3.63, 3.8) is 0 Å². The molecule has 0 spiro atoms. The maximum absolute atomic E-state index is 5.56. The number of tetrazole rings is 1. The van der Waals surface area contributed by atoms with E-state index in [0.29, 0.717) is 6.54 Å². The topological polar surface area (TPSA) is 68.5 Å². The molecule has 0 bridgehead atoms. The second kappa shape index (κ2) is 9.85. The summed E-state index contributed by atoms with van der Waals surface area (Å²) in [7, 11) is 0. The van der Waals surface area contributed by atoms with E-state index >= 15 is 0 Å². The maximum Gasteiger partial charge on any atom is 0.231 e. The zero-order valence-corrected chi connectivity index (χ0v) is 19.5. The van der Waals surface area contributed by atoms with Crippen LogP contribution in [0.15, 0.2) is 78.9 Å². The van der Waals surface area contributed by atoms with Gasteiger partial charge in [-0.2, -0.15) is 0 Å². The summed E-state index contributed by atoms with van der Waals surface area (Å²) in [5, 5.41) is 13.0. The van der Waals surface area contributed by atoms with Crippen LogP contribution in [0.25, 0.3) is 0 Å². The van der Waals surface area contributed by atoms with Crippen LogP contribution in [-0.4, -0.2) is 63.0 Å². The minimum Gasteiger partial charge on any atom is -0.454 e. The second-order valence-corrected chi connectivity index (χ2v) is 8.99. The predicted molar refractivity (Wildman–Crippen MR) is 131 cm³/mol. The van der Waals surface area contributed by atoms with Crippen LogP contribution in [0, 0.1) is 0 Å². The molecule has 3 aromatic carbocycles. The van der Waals surface area contributed by atoms with E-state index in [4.69, 9.17) is 9.47 Å². The molecule has 178 valence electrons. The highest BCUT2D eigenvalue weighted by atomic mass is 16.7. The summed E-state index contributed by atoms with van der Waals surface area (Å²) >= 11 is 0. The monoisotopic (exact) mass is 468 g/mol. The van der Waals surface area contributed by atoms with E-state index in [0.717, 1.165) is 55.6 Å². The van der Waals surface area contributed by atoms with Gasteiger partial charge in [-0.15, -0.1) is 5.10 Å². The third kappa shape index (κ3) is 4.76. The normalized spacial score (nSPS) is 16.9. The summed E-state index contributed by atoms with van der Waals surface area (Å²) in [4.78, 5) is 5.02. The van der Waals surface area contributed by atoms with E-state index in [2.05, 4.69) is 79.9 Å². The number of aromatic nitrogens is 4. The summed E-state index contributed by atoms with van der Waals surface area (Å²) in [6, 6.07) is 27.2. The van der Waals surface area contributed by atoms with Gasteiger partial charge < -0.3 is 9.47 Å². The third-order valence-electron chi connectivity index (χ3n) is 6.71. The molecule has 8 nitrogen and oxygen atoms in total. The van der Waals surface area contributed by atoms with Crippen LogP contribution in [0.5, 0.6) is 11.5 Å². The molecule has 6 rings (SSSR count). The number of benzene rings is 3. The van der Waals surface area contributed by atoms with Gasteiger partial charge in [0.05, 0.1) is 12.6 Å². The Morgan fingerprint density at radius 2 is 1.49 bits per heavy atom. The van der Waals surface area contributed by atoms with Crippen molar-refractivity contribution in [1.82, 2.24) is 30.0 Å². The Kier molecular flexibility index (Phi) is 6.13. The van der Waals surface area contributed by atoms with Gasteiger partial charge in [-0.25, -0.2) is 4.68 Å². The van der Waals surface area contributed by atoms with Gasteiger partial charge in [-0.3, -0.25) is 9.80 Å². The van der Waals surface area contributed by atoms with Crippen molar-refractivity contribution in [2.24, 2.45) is 0 Å². The SMILES string of the molecule is c1ccc(CN2CCN(C(c3ccccc3)c3nnnn3Cc3ccc4c(c3)OCO4)CC2)cc1. The predicted octanol–water partition coefficient (Wildman–Crippen LogP) is 3.36. The number of piperazine rings is 1. The molecule has 0 amide bonds. The summed E-state index contributed by atoms with van der Waals surface area (Å²) < 4.78 is 12.9. The van der Waals surface area contributed by atoms with E-state index in [-0.39, 0.29) is 12.8 Å². The fourth-order valence-corrected chi connectivity index (χ4v) is 4.91. The van der Waals surface area contributed by atoms with E-state index in [1.807, 2.05) is 28.9 Å². The van der Waals surface area contributed by atoms with Crippen LogP contribution >= 0.6 is 0 Å². The first-order valence-corrected chi connectivity index (χ1v) is 12.0. The molecule has 35 heavy (non-hydrogen) atoms. The van der Waals surface area contributed by atoms with Gasteiger partial charge in [0, 0.05) is 32.7 Å².